The zero-order valence-electron chi connectivity index (χ0n) is 12.0. The van der Waals surface area contributed by atoms with E-state index in [1.807, 2.05) is 0 Å². The monoisotopic (exact) mass is 311 g/mol. The van der Waals surface area contributed by atoms with Gasteiger partial charge in [0.05, 0.1) is 5.56 Å². The molecular weight excluding hydrogens is 294 g/mol. The number of urea groups is 1. The number of rotatable bonds is 2. The second kappa shape index (κ2) is 5.36. The summed E-state index contributed by atoms with van der Waals surface area (Å²) < 4.78 is 0. The van der Waals surface area contributed by atoms with Gasteiger partial charge in [-0.2, -0.15) is 0 Å². The zero-order chi connectivity index (χ0) is 15.8. The molecule has 7 nitrogen and oxygen atoms in total. The summed E-state index contributed by atoms with van der Waals surface area (Å²) >= 11 is 1.14. The second-order valence-corrected chi connectivity index (χ2v) is 6.25. The Hall–Kier alpha value is -2.09. The molecule has 8 heteroatoms. The minimum absolute atomic E-state index is 0.0478. The minimum Gasteiger partial charge on any atom is -0.478 e. The van der Waals surface area contributed by atoms with Gasteiger partial charge in [-0.15, -0.1) is 11.3 Å². The molecule has 1 fully saturated rings. The van der Waals surface area contributed by atoms with Crippen LogP contribution in [0.4, 0.5) is 9.80 Å². The number of carboxylic acid groups (broad SMARTS) is 1. The summed E-state index contributed by atoms with van der Waals surface area (Å²) in [6, 6.07) is 0.967. The van der Waals surface area contributed by atoms with Crippen molar-refractivity contribution in [2.45, 2.75) is 19.4 Å². The van der Waals surface area contributed by atoms with Crippen molar-refractivity contribution in [2.75, 3.05) is 25.5 Å². The zero-order valence-corrected chi connectivity index (χ0v) is 12.9. The van der Waals surface area contributed by atoms with E-state index in [1.54, 1.807) is 31.2 Å². The highest BCUT2D eigenvalue weighted by molar-refractivity contribution is 7.14. The van der Waals surface area contributed by atoms with Crippen LogP contribution in [0.25, 0.3) is 0 Å². The van der Waals surface area contributed by atoms with E-state index in [4.69, 9.17) is 5.11 Å². The van der Waals surface area contributed by atoms with Crippen molar-refractivity contribution < 1.29 is 19.5 Å². The standard InChI is InChI=1S/C13H17N3O4S/c1-13(2)11(19)15(3)5-6-16(13)12(20)14-9-8(10(17)18)4-7-21-9/h4,7H,5-6H2,1-3H3,(H,14,20)(H,17,18). The summed E-state index contributed by atoms with van der Waals surface area (Å²) in [7, 11) is 1.70. The maximum Gasteiger partial charge on any atom is 0.338 e. The molecule has 0 saturated carbocycles. The Bertz CT molecular complexity index is 596. The number of thiophene rings is 1. The molecule has 114 valence electrons. The average molecular weight is 311 g/mol. The molecule has 0 aliphatic carbocycles. The lowest BCUT2D eigenvalue weighted by Crippen LogP contribution is -2.64. The smallest absolute Gasteiger partial charge is 0.338 e. The van der Waals surface area contributed by atoms with Gasteiger partial charge in [0.2, 0.25) is 5.91 Å². The van der Waals surface area contributed by atoms with Gasteiger partial charge in [0, 0.05) is 20.1 Å². The molecule has 0 bridgehead atoms. The van der Waals surface area contributed by atoms with Gasteiger partial charge in [0.1, 0.15) is 10.5 Å². The van der Waals surface area contributed by atoms with E-state index in [1.165, 1.54) is 11.0 Å². The van der Waals surface area contributed by atoms with E-state index in [-0.39, 0.29) is 16.5 Å². The number of carboxylic acids is 1. The fourth-order valence-electron chi connectivity index (χ4n) is 2.31. The van der Waals surface area contributed by atoms with Gasteiger partial charge in [0.25, 0.3) is 0 Å². The molecule has 2 rings (SSSR count). The number of anilines is 1. The third kappa shape index (κ3) is 2.71. The van der Waals surface area contributed by atoms with Crippen LogP contribution in [0.15, 0.2) is 11.4 Å². The lowest BCUT2D eigenvalue weighted by Gasteiger charge is -2.44. The minimum atomic E-state index is -1.10. The molecule has 2 N–H and O–H groups in total. The van der Waals surface area contributed by atoms with Gasteiger partial charge in [-0.25, -0.2) is 9.59 Å². The highest BCUT2D eigenvalue weighted by Crippen LogP contribution is 2.26. The Morgan fingerprint density at radius 1 is 1.38 bits per heavy atom. The molecule has 0 spiro atoms. The van der Waals surface area contributed by atoms with E-state index in [2.05, 4.69) is 5.32 Å². The van der Waals surface area contributed by atoms with Gasteiger partial charge in [0.15, 0.2) is 0 Å². The molecule has 1 aliphatic heterocycles. The second-order valence-electron chi connectivity index (χ2n) is 5.34. The number of hydrogen-bond donors (Lipinski definition) is 2. The number of aromatic carboxylic acids is 1. The van der Waals surface area contributed by atoms with Crippen LogP contribution in [0, 0.1) is 0 Å². The lowest BCUT2D eigenvalue weighted by atomic mass is 9.98. The number of nitrogens with one attached hydrogen (secondary N) is 1. The summed E-state index contributed by atoms with van der Waals surface area (Å²) in [5, 5.41) is 13.5. The van der Waals surface area contributed by atoms with Crippen LogP contribution in [0.5, 0.6) is 0 Å². The highest BCUT2D eigenvalue weighted by Gasteiger charge is 2.43. The molecule has 0 aromatic carbocycles. The van der Waals surface area contributed by atoms with Crippen LogP contribution in [0.2, 0.25) is 0 Å². The van der Waals surface area contributed by atoms with Crippen molar-refractivity contribution in [1.82, 2.24) is 9.80 Å². The molecule has 2 heterocycles. The summed E-state index contributed by atoms with van der Waals surface area (Å²) in [6.45, 7) is 4.20. The molecule has 1 saturated heterocycles. The first-order chi connectivity index (χ1) is 9.75. The van der Waals surface area contributed by atoms with E-state index in [0.29, 0.717) is 13.1 Å². The largest absolute Gasteiger partial charge is 0.478 e. The van der Waals surface area contributed by atoms with Gasteiger partial charge in [-0.3, -0.25) is 10.1 Å². The maximum absolute atomic E-state index is 12.4. The highest BCUT2D eigenvalue weighted by atomic mass is 32.1. The Labute approximate surface area is 126 Å². The van der Waals surface area contributed by atoms with Crippen LogP contribution in [-0.2, 0) is 4.79 Å². The van der Waals surface area contributed by atoms with Gasteiger partial charge in [-0.05, 0) is 25.3 Å². The van der Waals surface area contributed by atoms with E-state index >= 15 is 0 Å². The van der Waals surface area contributed by atoms with Crippen molar-refractivity contribution in [3.63, 3.8) is 0 Å². The molecule has 1 aromatic rings. The van der Waals surface area contributed by atoms with Gasteiger partial charge < -0.3 is 14.9 Å². The summed E-state index contributed by atoms with van der Waals surface area (Å²) in [5.74, 6) is -1.24. The normalized spacial score (nSPS) is 17.8. The van der Waals surface area contributed by atoms with Crippen molar-refractivity contribution in [1.29, 1.82) is 0 Å². The van der Waals surface area contributed by atoms with Crippen molar-refractivity contribution in [3.05, 3.63) is 17.0 Å². The average Bonchev–Trinajstić information content (AvgIpc) is 2.84. The fourth-order valence-corrected chi connectivity index (χ4v) is 3.08. The molecule has 0 atom stereocenters. The number of nitrogens with zero attached hydrogens (tertiary/aromatic N) is 2. The quantitative estimate of drug-likeness (QED) is 0.866. The van der Waals surface area contributed by atoms with Gasteiger partial charge in [-0.1, -0.05) is 0 Å². The predicted molar refractivity (Wildman–Crippen MR) is 78.7 cm³/mol. The molecule has 1 aliphatic rings. The molecule has 3 amide bonds. The first-order valence-electron chi connectivity index (χ1n) is 6.40. The predicted octanol–water partition coefficient (Wildman–Crippen LogP) is 1.53. The van der Waals surface area contributed by atoms with Crippen LogP contribution < -0.4 is 5.32 Å². The van der Waals surface area contributed by atoms with Crippen LogP contribution in [0.3, 0.4) is 0 Å². The van der Waals surface area contributed by atoms with Crippen molar-refractivity contribution >= 4 is 34.2 Å². The van der Waals surface area contributed by atoms with E-state index in [9.17, 15) is 14.4 Å². The summed E-state index contributed by atoms with van der Waals surface area (Å²) in [4.78, 5) is 38.6. The van der Waals surface area contributed by atoms with Crippen molar-refractivity contribution in [3.8, 4) is 0 Å². The van der Waals surface area contributed by atoms with Crippen LogP contribution in [-0.4, -0.2) is 58.5 Å². The van der Waals surface area contributed by atoms with Crippen LogP contribution >= 0.6 is 11.3 Å². The number of carbonyl (C=O) groups excluding carboxylic acids is 2. The Morgan fingerprint density at radius 2 is 2.05 bits per heavy atom. The molecule has 21 heavy (non-hydrogen) atoms. The lowest BCUT2D eigenvalue weighted by molar-refractivity contribution is -0.144. The third-order valence-corrected chi connectivity index (χ3v) is 4.39. The third-order valence-electron chi connectivity index (χ3n) is 3.57. The Morgan fingerprint density at radius 3 is 2.67 bits per heavy atom. The molecule has 0 radical (unpaired) electrons. The number of carbonyl (C=O) groups is 3. The molecular formula is C13H17N3O4S. The number of amides is 3. The summed E-state index contributed by atoms with van der Waals surface area (Å²) in [6.07, 6.45) is 0. The molecule has 0 unspecified atom stereocenters. The topological polar surface area (TPSA) is 89.9 Å². The van der Waals surface area contributed by atoms with Gasteiger partial charge >= 0.3 is 12.0 Å². The Kier molecular flexibility index (Phi) is 3.91. The Balaban J connectivity index is 2.18. The van der Waals surface area contributed by atoms with E-state index < -0.39 is 17.5 Å². The summed E-state index contributed by atoms with van der Waals surface area (Å²) in [5.41, 5.74) is -0.913. The fraction of sp³-hybridized carbons (Fsp3) is 0.462. The first kappa shape index (κ1) is 15.3. The van der Waals surface area contributed by atoms with E-state index in [0.717, 1.165) is 11.3 Å². The number of piperazine rings is 1. The molecule has 1 aromatic heterocycles. The van der Waals surface area contributed by atoms with Crippen LogP contribution in [0.1, 0.15) is 24.2 Å². The SMILES string of the molecule is CN1CCN(C(=O)Nc2sccc2C(=O)O)C(C)(C)C1=O. The number of hydrogen-bond acceptors (Lipinski definition) is 4. The number of likely N-dealkylation sites (N-methyl/N-ethyl adjacent to an activating group) is 1. The van der Waals surface area contributed by atoms with Crippen molar-refractivity contribution in [2.24, 2.45) is 0 Å². The maximum atomic E-state index is 12.4. The first-order valence-corrected chi connectivity index (χ1v) is 7.28.